The molecule has 0 spiro atoms. The summed E-state index contributed by atoms with van der Waals surface area (Å²) in [7, 11) is 0. The summed E-state index contributed by atoms with van der Waals surface area (Å²) in [5.74, 6) is 0. The number of rotatable bonds is 6. The first-order chi connectivity index (χ1) is 14.6. The van der Waals surface area contributed by atoms with Gasteiger partial charge in [0.15, 0.2) is 0 Å². The molecule has 1 aliphatic rings. The smallest absolute Gasteiger partial charge is 0.0633 e. The molecule has 2 nitrogen and oxygen atoms in total. The Morgan fingerprint density at radius 3 is 1.80 bits per heavy atom. The van der Waals surface area contributed by atoms with Crippen molar-refractivity contribution in [2.45, 2.75) is 12.0 Å². The van der Waals surface area contributed by atoms with Crippen molar-refractivity contribution in [2.75, 3.05) is 5.32 Å². The molecule has 4 rings (SSSR count). The molecule has 0 bridgehead atoms. The van der Waals surface area contributed by atoms with E-state index in [0.29, 0.717) is 0 Å². The van der Waals surface area contributed by atoms with E-state index in [1.54, 1.807) is 0 Å². The summed E-state index contributed by atoms with van der Waals surface area (Å²) >= 11 is 0. The lowest BCUT2D eigenvalue weighted by molar-refractivity contribution is 0.567. The summed E-state index contributed by atoms with van der Waals surface area (Å²) in [6.07, 6.45) is 10.9. The average molecular weight is 391 g/mol. The predicted molar refractivity (Wildman–Crippen MR) is 130 cm³/mol. The van der Waals surface area contributed by atoms with Gasteiger partial charge in [0.1, 0.15) is 0 Å². The highest BCUT2D eigenvalue weighted by atomic mass is 14.9. The van der Waals surface area contributed by atoms with Crippen LogP contribution in [0.25, 0.3) is 17.7 Å². The third-order valence-corrected chi connectivity index (χ3v) is 5.56. The summed E-state index contributed by atoms with van der Waals surface area (Å²) in [6, 6.07) is 25.0. The van der Waals surface area contributed by atoms with Gasteiger partial charge in [0.25, 0.3) is 0 Å². The Morgan fingerprint density at radius 1 is 0.767 bits per heavy atom. The van der Waals surface area contributed by atoms with Crippen LogP contribution in [-0.2, 0) is 5.54 Å². The highest BCUT2D eigenvalue weighted by molar-refractivity contribution is 5.77. The highest BCUT2D eigenvalue weighted by Gasteiger charge is 2.25. The van der Waals surface area contributed by atoms with Crippen molar-refractivity contribution in [3.05, 3.63) is 126 Å². The molecule has 0 amide bonds. The molecule has 0 heterocycles. The van der Waals surface area contributed by atoms with Crippen molar-refractivity contribution in [1.29, 1.82) is 0 Å². The highest BCUT2D eigenvalue weighted by Crippen LogP contribution is 2.33. The van der Waals surface area contributed by atoms with Crippen LogP contribution in [0.3, 0.4) is 0 Å². The van der Waals surface area contributed by atoms with Gasteiger partial charge < -0.3 is 11.1 Å². The van der Waals surface area contributed by atoms with Gasteiger partial charge in [-0.05, 0) is 58.5 Å². The summed E-state index contributed by atoms with van der Waals surface area (Å²) < 4.78 is 0. The van der Waals surface area contributed by atoms with E-state index in [0.717, 1.165) is 34.5 Å². The van der Waals surface area contributed by atoms with Gasteiger partial charge in [-0.15, -0.1) is 0 Å². The number of allylic oxidation sites excluding steroid dienone is 2. The average Bonchev–Trinajstić information content (AvgIpc) is 2.81. The van der Waals surface area contributed by atoms with E-state index in [2.05, 4.69) is 97.4 Å². The molecule has 148 valence electrons. The Kier molecular flexibility index (Phi) is 5.51. The monoisotopic (exact) mass is 390 g/mol. The third kappa shape index (κ3) is 4.19. The summed E-state index contributed by atoms with van der Waals surface area (Å²) in [5, 5.41) is 3.43. The number of hydrogen-bond donors (Lipinski definition) is 2. The van der Waals surface area contributed by atoms with Crippen LogP contribution in [0.5, 0.6) is 0 Å². The van der Waals surface area contributed by atoms with E-state index in [1.807, 2.05) is 24.3 Å². The quantitative estimate of drug-likeness (QED) is 0.480. The molecule has 3 N–H and O–H groups in total. The molecule has 2 heteroatoms. The van der Waals surface area contributed by atoms with Crippen LogP contribution in [0.4, 0.5) is 11.4 Å². The topological polar surface area (TPSA) is 38.0 Å². The third-order valence-electron chi connectivity index (χ3n) is 5.56. The maximum atomic E-state index is 6.67. The minimum atomic E-state index is -0.470. The first-order valence-electron chi connectivity index (χ1n) is 10.1. The summed E-state index contributed by atoms with van der Waals surface area (Å²) in [6.45, 7) is 7.60. The van der Waals surface area contributed by atoms with Gasteiger partial charge >= 0.3 is 0 Å². The van der Waals surface area contributed by atoms with Gasteiger partial charge in [-0.25, -0.2) is 0 Å². The number of anilines is 2. The van der Waals surface area contributed by atoms with Crippen LogP contribution in [0.2, 0.25) is 0 Å². The molecule has 0 saturated heterocycles. The Morgan fingerprint density at radius 2 is 1.30 bits per heavy atom. The number of nitrogens with two attached hydrogens (primary N) is 1. The van der Waals surface area contributed by atoms with Crippen LogP contribution in [0.1, 0.15) is 28.7 Å². The molecule has 0 saturated carbocycles. The van der Waals surface area contributed by atoms with Crippen molar-refractivity contribution in [3.8, 4) is 0 Å². The van der Waals surface area contributed by atoms with Crippen molar-refractivity contribution in [2.24, 2.45) is 5.73 Å². The van der Waals surface area contributed by atoms with Crippen LogP contribution in [-0.4, -0.2) is 0 Å². The first kappa shape index (κ1) is 19.7. The van der Waals surface area contributed by atoms with Gasteiger partial charge in [0, 0.05) is 11.4 Å². The molecule has 0 aromatic heterocycles. The van der Waals surface area contributed by atoms with E-state index in [1.165, 1.54) is 11.1 Å². The zero-order chi connectivity index (χ0) is 21.0. The van der Waals surface area contributed by atoms with Crippen LogP contribution in [0.15, 0.2) is 104 Å². The number of nitrogens with one attached hydrogen (secondary N) is 1. The second-order valence-corrected chi connectivity index (χ2v) is 7.59. The van der Waals surface area contributed by atoms with Crippen LogP contribution in [0, 0.1) is 0 Å². The first-order valence-corrected chi connectivity index (χ1v) is 10.1. The van der Waals surface area contributed by atoms with Crippen molar-refractivity contribution in [1.82, 2.24) is 0 Å². The fourth-order valence-corrected chi connectivity index (χ4v) is 3.63. The van der Waals surface area contributed by atoms with Gasteiger partial charge in [-0.2, -0.15) is 0 Å². The molecule has 0 fully saturated rings. The molecule has 1 unspecified atom stereocenters. The van der Waals surface area contributed by atoms with Gasteiger partial charge in [0.2, 0.25) is 0 Å². The minimum absolute atomic E-state index is 0.470. The second-order valence-electron chi connectivity index (χ2n) is 7.59. The van der Waals surface area contributed by atoms with Crippen molar-refractivity contribution in [3.63, 3.8) is 0 Å². The summed E-state index contributed by atoms with van der Waals surface area (Å²) in [4.78, 5) is 0. The van der Waals surface area contributed by atoms with E-state index in [-0.39, 0.29) is 0 Å². The van der Waals surface area contributed by atoms with Gasteiger partial charge in [-0.3, -0.25) is 0 Å². The molecular weight excluding hydrogens is 364 g/mol. The van der Waals surface area contributed by atoms with Crippen molar-refractivity contribution < 1.29 is 0 Å². The lowest BCUT2D eigenvalue weighted by Gasteiger charge is -2.29. The normalized spacial score (nSPS) is 17.8. The van der Waals surface area contributed by atoms with Gasteiger partial charge in [0.05, 0.1) is 5.54 Å². The van der Waals surface area contributed by atoms with E-state index < -0.39 is 5.54 Å². The molecule has 1 aliphatic carbocycles. The lowest BCUT2D eigenvalue weighted by Crippen LogP contribution is -2.35. The second kappa shape index (κ2) is 8.40. The SMILES string of the molecule is C=Cc1ccc(Nc2ccc(C3=CCC(N)(c4ccc(C=C)cc4)C=C3)cc2)cc1. The fraction of sp³-hybridized carbons (Fsp3) is 0.0714. The Labute approximate surface area is 178 Å². The maximum Gasteiger partial charge on any atom is 0.0633 e. The molecule has 3 aromatic carbocycles. The molecule has 30 heavy (non-hydrogen) atoms. The molecular formula is C28H26N2. The van der Waals surface area contributed by atoms with Crippen LogP contribution < -0.4 is 11.1 Å². The predicted octanol–water partition coefficient (Wildman–Crippen LogP) is 6.91. The minimum Gasteiger partial charge on any atom is -0.356 e. The largest absolute Gasteiger partial charge is 0.356 e. The van der Waals surface area contributed by atoms with Crippen molar-refractivity contribution >= 4 is 29.1 Å². The van der Waals surface area contributed by atoms with E-state index in [9.17, 15) is 0 Å². The van der Waals surface area contributed by atoms with Crippen LogP contribution >= 0.6 is 0 Å². The Balaban J connectivity index is 1.45. The number of hydrogen-bond acceptors (Lipinski definition) is 2. The van der Waals surface area contributed by atoms with E-state index in [4.69, 9.17) is 5.73 Å². The summed E-state index contributed by atoms with van der Waals surface area (Å²) in [5.41, 5.74) is 14.0. The lowest BCUT2D eigenvalue weighted by atomic mass is 9.82. The Hall–Kier alpha value is -3.62. The maximum absolute atomic E-state index is 6.67. The van der Waals surface area contributed by atoms with Gasteiger partial charge in [-0.1, -0.05) is 92.1 Å². The fourth-order valence-electron chi connectivity index (χ4n) is 3.63. The molecule has 1 atom stereocenters. The standard InChI is InChI=1S/C28H26N2/c1-3-21-5-11-25(12-6-21)28(29)19-17-24(18-20-28)23-9-15-27(16-10-23)30-26-13-7-22(4-2)8-14-26/h3-19,30H,1-2,20,29H2. The zero-order valence-corrected chi connectivity index (χ0v) is 17.0. The molecule has 3 aromatic rings. The molecule has 0 aliphatic heterocycles. The Bertz CT molecular complexity index is 1100. The van der Waals surface area contributed by atoms with E-state index >= 15 is 0 Å². The number of benzene rings is 3. The molecule has 0 radical (unpaired) electrons. The zero-order valence-electron chi connectivity index (χ0n) is 17.0.